The first kappa shape index (κ1) is 86.9. The van der Waals surface area contributed by atoms with E-state index in [-0.39, 0.29) is 18.5 Å². The Bertz CT molecular complexity index is 1290. The first-order valence-electron chi connectivity index (χ1n) is 41.3. The summed E-state index contributed by atoms with van der Waals surface area (Å²) in [5.41, 5.74) is 0. The molecule has 0 aliphatic carbocycles. The lowest BCUT2D eigenvalue weighted by molar-refractivity contribution is -0.143. The Kier molecular flexibility index (Phi) is 77.3. The zero-order valence-corrected chi connectivity index (χ0v) is 60.5. The number of amides is 1. The van der Waals surface area contributed by atoms with Crippen molar-refractivity contribution >= 4 is 11.9 Å². The molecule has 2 unspecified atom stereocenters. The number of hydrogen-bond donors (Lipinski definition) is 3. The molecule has 0 saturated heterocycles. The van der Waals surface area contributed by atoms with Gasteiger partial charge in [0.25, 0.3) is 0 Å². The van der Waals surface area contributed by atoms with Gasteiger partial charge in [-0.05, 0) is 25.7 Å². The summed E-state index contributed by atoms with van der Waals surface area (Å²) in [6, 6.07) is -0.538. The lowest BCUT2D eigenvalue weighted by Gasteiger charge is -2.22. The van der Waals surface area contributed by atoms with E-state index < -0.39 is 12.1 Å². The van der Waals surface area contributed by atoms with Crippen LogP contribution in [0.2, 0.25) is 0 Å². The number of carbonyl (C=O) groups is 2. The predicted molar refractivity (Wildman–Crippen MR) is 389 cm³/mol. The normalized spacial score (nSPS) is 12.4. The number of rotatable bonds is 79. The molecular formula is C82H163NO5. The number of ether oxygens (including phenoxy) is 1. The smallest absolute Gasteiger partial charge is 0.305 e. The number of esters is 1. The molecule has 0 spiro atoms. The molecule has 0 aromatic rings. The van der Waals surface area contributed by atoms with Crippen molar-refractivity contribution in [3.63, 3.8) is 0 Å². The van der Waals surface area contributed by atoms with Crippen LogP contribution in [0.5, 0.6) is 0 Å². The van der Waals surface area contributed by atoms with Crippen molar-refractivity contribution in [2.75, 3.05) is 13.2 Å². The average molecular weight is 1240 g/mol. The number of hydrogen-bond acceptors (Lipinski definition) is 5. The van der Waals surface area contributed by atoms with Crippen LogP contribution in [0.3, 0.4) is 0 Å². The Morgan fingerprint density at radius 2 is 0.466 bits per heavy atom. The Morgan fingerprint density at radius 3 is 0.693 bits per heavy atom. The summed E-state index contributed by atoms with van der Waals surface area (Å²) in [6.45, 7) is 5.01. The van der Waals surface area contributed by atoms with Crippen LogP contribution >= 0.6 is 0 Å². The first-order valence-corrected chi connectivity index (χ1v) is 41.3. The van der Waals surface area contributed by atoms with Gasteiger partial charge in [-0.3, -0.25) is 9.59 Å². The van der Waals surface area contributed by atoms with Crippen LogP contribution in [0.4, 0.5) is 0 Å². The molecule has 6 heteroatoms. The van der Waals surface area contributed by atoms with Crippen LogP contribution in [0.1, 0.15) is 489 Å². The van der Waals surface area contributed by atoms with Crippen molar-refractivity contribution in [3.8, 4) is 0 Å². The average Bonchev–Trinajstić information content (AvgIpc) is 3.55. The lowest BCUT2D eigenvalue weighted by Crippen LogP contribution is -2.45. The maximum absolute atomic E-state index is 12.6. The highest BCUT2D eigenvalue weighted by Gasteiger charge is 2.20. The van der Waals surface area contributed by atoms with Crippen LogP contribution in [-0.4, -0.2) is 47.4 Å². The van der Waals surface area contributed by atoms with Gasteiger partial charge in [-0.15, -0.1) is 0 Å². The second-order valence-electron chi connectivity index (χ2n) is 28.8. The number of carbonyl (C=O) groups excluding carboxylic acids is 2. The second-order valence-corrected chi connectivity index (χ2v) is 28.8. The summed E-state index contributed by atoms with van der Waals surface area (Å²) >= 11 is 0. The van der Waals surface area contributed by atoms with E-state index >= 15 is 0 Å². The van der Waals surface area contributed by atoms with E-state index in [0.29, 0.717) is 25.9 Å². The zero-order valence-electron chi connectivity index (χ0n) is 60.5. The number of aliphatic hydroxyl groups is 2. The third-order valence-electron chi connectivity index (χ3n) is 19.9. The van der Waals surface area contributed by atoms with E-state index in [0.717, 1.165) is 38.5 Å². The molecule has 6 nitrogen and oxygen atoms in total. The van der Waals surface area contributed by atoms with Crippen molar-refractivity contribution in [3.05, 3.63) is 0 Å². The molecule has 0 aromatic carbocycles. The molecule has 0 fully saturated rings. The van der Waals surface area contributed by atoms with E-state index in [9.17, 15) is 19.8 Å². The van der Waals surface area contributed by atoms with Gasteiger partial charge in [-0.1, -0.05) is 450 Å². The lowest BCUT2D eigenvalue weighted by atomic mass is 10.0. The molecule has 0 bridgehead atoms. The molecule has 0 rings (SSSR count). The minimum absolute atomic E-state index is 0.0227. The van der Waals surface area contributed by atoms with Gasteiger partial charge < -0.3 is 20.3 Å². The predicted octanol–water partition coefficient (Wildman–Crippen LogP) is 27.3. The van der Waals surface area contributed by atoms with Gasteiger partial charge in [0.15, 0.2) is 0 Å². The Morgan fingerprint density at radius 1 is 0.273 bits per heavy atom. The van der Waals surface area contributed by atoms with Crippen molar-refractivity contribution in [2.45, 2.75) is 501 Å². The zero-order chi connectivity index (χ0) is 63.5. The van der Waals surface area contributed by atoms with Crippen molar-refractivity contribution in [2.24, 2.45) is 0 Å². The van der Waals surface area contributed by atoms with Gasteiger partial charge >= 0.3 is 5.97 Å². The molecule has 0 heterocycles. The summed E-state index contributed by atoms with van der Waals surface area (Å²) in [5, 5.41) is 23.5. The van der Waals surface area contributed by atoms with Gasteiger partial charge in [0.05, 0.1) is 25.4 Å². The molecule has 0 aliphatic heterocycles. The first-order chi connectivity index (χ1) is 43.5. The molecular weight excluding hydrogens is 1080 g/mol. The highest BCUT2D eigenvalue weighted by molar-refractivity contribution is 5.76. The minimum Gasteiger partial charge on any atom is -0.466 e. The van der Waals surface area contributed by atoms with Crippen molar-refractivity contribution in [1.82, 2.24) is 5.32 Å². The Hall–Kier alpha value is -1.14. The monoisotopic (exact) mass is 1240 g/mol. The van der Waals surface area contributed by atoms with E-state index in [1.165, 1.54) is 417 Å². The fourth-order valence-electron chi connectivity index (χ4n) is 13.6. The molecule has 1 amide bonds. The van der Waals surface area contributed by atoms with Gasteiger partial charge in [0.2, 0.25) is 5.91 Å². The van der Waals surface area contributed by atoms with Crippen LogP contribution in [0.15, 0.2) is 0 Å². The molecule has 0 saturated carbocycles. The molecule has 0 radical (unpaired) electrons. The quantitative estimate of drug-likeness (QED) is 0.0417. The van der Waals surface area contributed by atoms with E-state index in [1.54, 1.807) is 0 Å². The van der Waals surface area contributed by atoms with Crippen LogP contribution in [-0.2, 0) is 14.3 Å². The topological polar surface area (TPSA) is 95.9 Å². The van der Waals surface area contributed by atoms with Crippen molar-refractivity contribution < 1.29 is 24.5 Å². The fraction of sp³-hybridized carbons (Fsp3) is 0.976. The number of unbranched alkanes of at least 4 members (excludes halogenated alkanes) is 68. The maximum atomic E-state index is 12.6. The van der Waals surface area contributed by atoms with E-state index in [2.05, 4.69) is 19.2 Å². The van der Waals surface area contributed by atoms with Gasteiger partial charge in [-0.2, -0.15) is 0 Å². The molecule has 3 N–H and O–H groups in total. The summed E-state index contributed by atoms with van der Waals surface area (Å²) < 4.78 is 5.48. The van der Waals surface area contributed by atoms with Crippen LogP contribution in [0, 0.1) is 0 Å². The van der Waals surface area contributed by atoms with Crippen molar-refractivity contribution in [1.29, 1.82) is 0 Å². The third-order valence-corrected chi connectivity index (χ3v) is 19.9. The highest BCUT2D eigenvalue weighted by atomic mass is 16.5. The summed E-state index contributed by atoms with van der Waals surface area (Å²) in [6.07, 6.45) is 97.9. The van der Waals surface area contributed by atoms with Gasteiger partial charge in [0, 0.05) is 12.8 Å². The minimum atomic E-state index is -0.661. The summed E-state index contributed by atoms with van der Waals surface area (Å²) in [4.78, 5) is 24.6. The fourth-order valence-corrected chi connectivity index (χ4v) is 13.6. The van der Waals surface area contributed by atoms with Gasteiger partial charge in [-0.25, -0.2) is 0 Å². The van der Waals surface area contributed by atoms with Gasteiger partial charge in [0.1, 0.15) is 0 Å². The highest BCUT2D eigenvalue weighted by Crippen LogP contribution is 2.21. The summed E-state index contributed by atoms with van der Waals surface area (Å²) in [7, 11) is 0. The van der Waals surface area contributed by atoms with Crippen LogP contribution in [0.25, 0.3) is 0 Å². The summed E-state index contributed by atoms with van der Waals surface area (Å²) in [5.74, 6) is 0.00103. The Balaban J connectivity index is 3.31. The molecule has 2 atom stereocenters. The Labute approximate surface area is 553 Å². The molecule has 0 aromatic heterocycles. The molecule has 526 valence electrons. The molecule has 88 heavy (non-hydrogen) atoms. The molecule has 0 aliphatic rings. The third kappa shape index (κ3) is 73.9. The van der Waals surface area contributed by atoms with E-state index in [1.807, 2.05) is 0 Å². The second kappa shape index (κ2) is 78.3. The maximum Gasteiger partial charge on any atom is 0.305 e. The SMILES string of the molecule is CCCCCCCCCCCCCCCCCCCCCCCCCCCC(O)C(CO)NC(=O)CCCCCCCCCCCCCCCCCCCCCCCCCCCCCCCCCCCCCOC(=O)CCCCCCCCCCCCC. The largest absolute Gasteiger partial charge is 0.466 e. The number of nitrogens with one attached hydrogen (secondary N) is 1. The standard InChI is InChI=1S/C82H163NO5/c1-3-5-7-9-11-13-15-16-17-18-19-20-21-33-36-39-42-45-48-51-55-58-62-66-70-74-80(85)79(78-84)83-81(86)75-71-67-63-59-56-52-49-46-43-40-37-34-31-29-27-25-23-22-24-26-28-30-32-35-38-41-44-47-50-53-57-61-65-69-73-77-88-82(87)76-72-68-64-60-54-14-12-10-8-6-4-2/h79-80,84-85H,3-78H2,1-2H3,(H,83,86). The van der Waals surface area contributed by atoms with E-state index in [4.69, 9.17) is 4.74 Å². The number of aliphatic hydroxyl groups excluding tert-OH is 2. The van der Waals surface area contributed by atoms with Crippen LogP contribution < -0.4 is 5.32 Å².